The zero-order valence-electron chi connectivity index (χ0n) is 13.2. The molecule has 1 aromatic rings. The van der Waals surface area contributed by atoms with Gasteiger partial charge in [-0.15, -0.1) is 0 Å². The largest absolute Gasteiger partial charge is 0.354 e. The normalized spacial score (nSPS) is 27.3. The highest BCUT2D eigenvalue weighted by Gasteiger charge is 2.42. The molecule has 3 heterocycles. The molecule has 23 heavy (non-hydrogen) atoms. The van der Waals surface area contributed by atoms with E-state index < -0.39 is 10.0 Å². The maximum atomic E-state index is 12.3. The van der Waals surface area contributed by atoms with Crippen molar-refractivity contribution in [2.24, 2.45) is 5.92 Å². The van der Waals surface area contributed by atoms with E-state index in [0.717, 1.165) is 12.1 Å². The van der Waals surface area contributed by atoms with Crippen LogP contribution in [-0.4, -0.2) is 49.1 Å². The van der Waals surface area contributed by atoms with Gasteiger partial charge >= 0.3 is 0 Å². The number of fused-ring (bicyclic) bond motifs is 4. The molecule has 7 nitrogen and oxygen atoms in total. The molecule has 0 saturated carbocycles. The van der Waals surface area contributed by atoms with Crippen molar-refractivity contribution in [3.63, 3.8) is 0 Å². The number of hydrogen-bond donors (Lipinski definition) is 1. The molecule has 2 aliphatic rings. The molecule has 0 aliphatic carbocycles. The molecule has 3 rings (SSSR count). The van der Waals surface area contributed by atoms with Gasteiger partial charge in [-0.05, 0) is 18.4 Å². The molecule has 3 atom stereocenters. The molecule has 1 amide bonds. The summed E-state index contributed by atoms with van der Waals surface area (Å²) in [6.45, 7) is 2.57. The van der Waals surface area contributed by atoms with Gasteiger partial charge in [-0.2, -0.15) is 0 Å². The highest BCUT2D eigenvalue weighted by Crippen LogP contribution is 2.41. The summed E-state index contributed by atoms with van der Waals surface area (Å²) >= 11 is 0. The summed E-state index contributed by atoms with van der Waals surface area (Å²) in [5, 5.41) is 2.77. The highest BCUT2D eigenvalue weighted by molar-refractivity contribution is 7.88. The zero-order chi connectivity index (χ0) is 16.8. The lowest BCUT2D eigenvalue weighted by Crippen LogP contribution is -2.52. The molecule has 0 radical (unpaired) electrons. The average molecular weight is 339 g/mol. The minimum absolute atomic E-state index is 0.0166. The fourth-order valence-electron chi connectivity index (χ4n) is 3.78. The molecule has 1 N–H and O–H groups in total. The number of rotatable bonds is 3. The third-order valence-electron chi connectivity index (χ3n) is 4.79. The molecule has 2 bridgehead atoms. The molecule has 2 aliphatic heterocycles. The SMILES string of the molecule is CC(=O)NC[C@H]1[C@H]2C[C@H](CN(S(C)(=O)=O)C2)c2cccc(=O)n21. The highest BCUT2D eigenvalue weighted by atomic mass is 32.2. The third-order valence-corrected chi connectivity index (χ3v) is 6.03. The Labute approximate surface area is 135 Å². The molecule has 126 valence electrons. The number of carbonyl (C=O) groups is 1. The van der Waals surface area contributed by atoms with Crippen LogP contribution >= 0.6 is 0 Å². The minimum atomic E-state index is -3.28. The second-order valence-corrected chi connectivity index (χ2v) is 8.42. The first kappa shape index (κ1) is 16.2. The molecular weight excluding hydrogens is 318 g/mol. The van der Waals surface area contributed by atoms with Crippen molar-refractivity contribution < 1.29 is 13.2 Å². The second-order valence-electron chi connectivity index (χ2n) is 6.44. The number of sulfonamides is 1. The number of aromatic nitrogens is 1. The number of carbonyl (C=O) groups excluding carboxylic acids is 1. The standard InChI is InChI=1S/C15H21N3O4S/c1-10(19)16-7-14-12-6-11(8-17(9-12)23(2,21)22)13-4-3-5-15(20)18(13)14/h3-5,11-12,14H,6-9H2,1-2H3,(H,16,19)/t11-,12+,14+/m1/s1. The number of amides is 1. The number of pyridine rings is 1. The Morgan fingerprint density at radius 1 is 1.35 bits per heavy atom. The van der Waals surface area contributed by atoms with Crippen LogP contribution in [-0.2, 0) is 14.8 Å². The van der Waals surface area contributed by atoms with E-state index in [4.69, 9.17) is 0 Å². The first-order valence-corrected chi connectivity index (χ1v) is 9.53. The van der Waals surface area contributed by atoms with Gasteiger partial charge in [-0.3, -0.25) is 9.59 Å². The van der Waals surface area contributed by atoms with Gasteiger partial charge in [0.05, 0.1) is 12.3 Å². The van der Waals surface area contributed by atoms with E-state index >= 15 is 0 Å². The van der Waals surface area contributed by atoms with Gasteiger partial charge in [-0.1, -0.05) is 6.07 Å². The van der Waals surface area contributed by atoms with Crippen LogP contribution in [0, 0.1) is 5.92 Å². The van der Waals surface area contributed by atoms with Gasteiger partial charge in [0.1, 0.15) is 0 Å². The summed E-state index contributed by atoms with van der Waals surface area (Å²) in [6, 6.07) is 4.89. The lowest BCUT2D eigenvalue weighted by atomic mass is 9.79. The lowest BCUT2D eigenvalue weighted by molar-refractivity contribution is -0.119. The fourth-order valence-corrected chi connectivity index (χ4v) is 4.69. The number of hydrogen-bond acceptors (Lipinski definition) is 4. The first-order valence-electron chi connectivity index (χ1n) is 7.68. The average Bonchev–Trinajstić information content (AvgIpc) is 2.46. The number of piperidine rings is 1. The number of nitrogens with zero attached hydrogens (tertiary/aromatic N) is 2. The monoisotopic (exact) mass is 339 g/mol. The molecular formula is C15H21N3O4S. The van der Waals surface area contributed by atoms with E-state index in [-0.39, 0.29) is 29.3 Å². The maximum Gasteiger partial charge on any atom is 0.251 e. The molecule has 1 aromatic heterocycles. The maximum absolute atomic E-state index is 12.3. The van der Waals surface area contributed by atoms with Crippen LogP contribution in [0.1, 0.15) is 31.0 Å². The van der Waals surface area contributed by atoms with Crippen LogP contribution in [0.15, 0.2) is 23.0 Å². The summed E-state index contributed by atoms with van der Waals surface area (Å²) in [4.78, 5) is 23.6. The van der Waals surface area contributed by atoms with E-state index in [2.05, 4.69) is 5.32 Å². The lowest BCUT2D eigenvalue weighted by Gasteiger charge is -2.46. The van der Waals surface area contributed by atoms with Crippen molar-refractivity contribution in [1.82, 2.24) is 14.2 Å². The Kier molecular flexibility index (Phi) is 4.05. The van der Waals surface area contributed by atoms with Crippen molar-refractivity contribution in [1.29, 1.82) is 0 Å². The Bertz CT molecular complexity index is 786. The topological polar surface area (TPSA) is 88.5 Å². The van der Waals surface area contributed by atoms with Gasteiger partial charge in [-0.25, -0.2) is 12.7 Å². The van der Waals surface area contributed by atoms with Crippen molar-refractivity contribution in [3.05, 3.63) is 34.2 Å². The van der Waals surface area contributed by atoms with Crippen LogP contribution < -0.4 is 10.9 Å². The molecule has 0 aromatic carbocycles. The van der Waals surface area contributed by atoms with Crippen molar-refractivity contribution >= 4 is 15.9 Å². The van der Waals surface area contributed by atoms with E-state index in [1.165, 1.54) is 23.6 Å². The van der Waals surface area contributed by atoms with E-state index in [9.17, 15) is 18.0 Å². The van der Waals surface area contributed by atoms with Gasteiger partial charge in [0.15, 0.2) is 0 Å². The summed E-state index contributed by atoms with van der Waals surface area (Å²) in [7, 11) is -3.28. The zero-order valence-corrected chi connectivity index (χ0v) is 14.0. The molecule has 1 fully saturated rings. The Morgan fingerprint density at radius 3 is 2.74 bits per heavy atom. The van der Waals surface area contributed by atoms with Crippen molar-refractivity contribution in [3.8, 4) is 0 Å². The smallest absolute Gasteiger partial charge is 0.251 e. The Balaban J connectivity index is 2.03. The predicted octanol–water partition coefficient (Wildman–Crippen LogP) is -0.0958. The van der Waals surface area contributed by atoms with Gasteiger partial charge < -0.3 is 9.88 Å². The summed E-state index contributed by atoms with van der Waals surface area (Å²) < 4.78 is 27.2. The van der Waals surface area contributed by atoms with E-state index in [0.29, 0.717) is 19.6 Å². The van der Waals surface area contributed by atoms with Crippen LogP contribution in [0.4, 0.5) is 0 Å². The number of nitrogens with one attached hydrogen (secondary N) is 1. The van der Waals surface area contributed by atoms with E-state index in [1.54, 1.807) is 10.6 Å². The van der Waals surface area contributed by atoms with Crippen molar-refractivity contribution in [2.45, 2.75) is 25.3 Å². The molecule has 1 saturated heterocycles. The molecule has 8 heteroatoms. The van der Waals surface area contributed by atoms with Gasteiger partial charge in [0.25, 0.3) is 5.56 Å². The second kappa shape index (κ2) is 5.76. The summed E-state index contributed by atoms with van der Waals surface area (Å²) in [5.41, 5.74) is 0.762. The fraction of sp³-hybridized carbons (Fsp3) is 0.600. The Morgan fingerprint density at radius 2 is 2.09 bits per heavy atom. The van der Waals surface area contributed by atoms with Crippen molar-refractivity contribution in [2.75, 3.05) is 25.9 Å². The van der Waals surface area contributed by atoms with E-state index in [1.807, 2.05) is 6.07 Å². The predicted molar refractivity (Wildman–Crippen MR) is 85.7 cm³/mol. The van der Waals surface area contributed by atoms with Crippen LogP contribution in [0.5, 0.6) is 0 Å². The van der Waals surface area contributed by atoms with Crippen LogP contribution in [0.3, 0.4) is 0 Å². The first-order chi connectivity index (χ1) is 10.8. The molecule has 0 spiro atoms. The van der Waals surface area contributed by atoms with Crippen LogP contribution in [0.2, 0.25) is 0 Å². The summed E-state index contributed by atoms with van der Waals surface area (Å²) in [5.74, 6) is -0.123. The quantitative estimate of drug-likeness (QED) is 0.833. The van der Waals surface area contributed by atoms with Gasteiger partial charge in [0, 0.05) is 44.2 Å². The Hall–Kier alpha value is -1.67. The summed E-state index contributed by atoms with van der Waals surface area (Å²) in [6.07, 6.45) is 2.05. The molecule has 0 unspecified atom stereocenters. The van der Waals surface area contributed by atoms with Crippen LogP contribution in [0.25, 0.3) is 0 Å². The van der Waals surface area contributed by atoms with Gasteiger partial charge in [0.2, 0.25) is 15.9 Å². The minimum Gasteiger partial charge on any atom is -0.354 e. The third kappa shape index (κ3) is 3.05.